The fourth-order valence-electron chi connectivity index (χ4n) is 3.35. The van der Waals surface area contributed by atoms with Crippen LogP contribution in [0, 0.1) is 5.92 Å². The topological polar surface area (TPSA) is 53.4 Å². The lowest BCUT2D eigenvalue weighted by atomic mass is 9.82. The molecule has 1 saturated carbocycles. The van der Waals surface area contributed by atoms with Gasteiger partial charge in [0.1, 0.15) is 0 Å². The van der Waals surface area contributed by atoms with Crippen LogP contribution in [0.1, 0.15) is 37.8 Å². The molecular weight excluding hydrogens is 262 g/mol. The lowest BCUT2D eigenvalue weighted by Gasteiger charge is -2.29. The van der Waals surface area contributed by atoms with Crippen LogP contribution in [-0.2, 0) is 6.42 Å². The van der Waals surface area contributed by atoms with Crippen LogP contribution in [0.15, 0.2) is 36.4 Å². The Morgan fingerprint density at radius 3 is 2.57 bits per heavy atom. The second kappa shape index (κ2) is 6.54. The van der Waals surface area contributed by atoms with Crippen LogP contribution in [0.4, 0.5) is 0 Å². The van der Waals surface area contributed by atoms with Crippen molar-refractivity contribution in [1.29, 1.82) is 0 Å². The van der Waals surface area contributed by atoms with E-state index in [2.05, 4.69) is 4.98 Å². The zero-order valence-electron chi connectivity index (χ0n) is 12.3. The molecule has 1 heterocycles. The van der Waals surface area contributed by atoms with Crippen LogP contribution in [0.3, 0.4) is 0 Å². The van der Waals surface area contributed by atoms with E-state index in [1.807, 2.05) is 36.4 Å². The summed E-state index contributed by atoms with van der Waals surface area (Å²) in [6, 6.07) is 11.9. The fourth-order valence-corrected chi connectivity index (χ4v) is 3.35. The van der Waals surface area contributed by atoms with Gasteiger partial charge in [0, 0.05) is 17.5 Å². The molecule has 1 aliphatic carbocycles. The first kappa shape index (κ1) is 14.5. The van der Waals surface area contributed by atoms with Crippen LogP contribution in [0.5, 0.6) is 0 Å². The average molecular weight is 285 g/mol. The molecule has 0 aliphatic heterocycles. The summed E-state index contributed by atoms with van der Waals surface area (Å²) in [7, 11) is 0. The molecule has 2 N–H and O–H groups in total. The van der Waals surface area contributed by atoms with Gasteiger partial charge in [0.05, 0.1) is 17.7 Å². The van der Waals surface area contributed by atoms with E-state index in [0.29, 0.717) is 6.42 Å². The van der Waals surface area contributed by atoms with Crippen LogP contribution >= 0.6 is 0 Å². The molecule has 1 aromatic carbocycles. The zero-order chi connectivity index (χ0) is 14.7. The van der Waals surface area contributed by atoms with Crippen molar-refractivity contribution in [3.63, 3.8) is 0 Å². The Morgan fingerprint density at radius 1 is 1.00 bits per heavy atom. The minimum absolute atomic E-state index is 0.245. The van der Waals surface area contributed by atoms with E-state index in [1.54, 1.807) is 0 Å². The first-order chi connectivity index (χ1) is 10.2. The van der Waals surface area contributed by atoms with Crippen molar-refractivity contribution >= 4 is 10.9 Å². The Bertz CT molecular complexity index is 593. The van der Waals surface area contributed by atoms with E-state index in [4.69, 9.17) is 0 Å². The van der Waals surface area contributed by atoms with Crippen molar-refractivity contribution in [2.45, 2.75) is 50.7 Å². The largest absolute Gasteiger partial charge is 0.390 e. The molecule has 3 heteroatoms. The van der Waals surface area contributed by atoms with Crippen LogP contribution in [0.25, 0.3) is 10.9 Å². The van der Waals surface area contributed by atoms with Crippen molar-refractivity contribution < 1.29 is 10.2 Å². The van der Waals surface area contributed by atoms with Crippen molar-refractivity contribution in [3.8, 4) is 0 Å². The molecule has 0 amide bonds. The normalized spacial score (nSPS) is 19.5. The molecule has 112 valence electrons. The van der Waals surface area contributed by atoms with Crippen molar-refractivity contribution in [1.82, 2.24) is 4.98 Å². The predicted molar refractivity (Wildman–Crippen MR) is 84.0 cm³/mol. The summed E-state index contributed by atoms with van der Waals surface area (Å²) >= 11 is 0. The molecule has 1 aliphatic rings. The van der Waals surface area contributed by atoms with E-state index >= 15 is 0 Å². The molecule has 0 bridgehead atoms. The minimum Gasteiger partial charge on any atom is -0.390 e. The molecule has 21 heavy (non-hydrogen) atoms. The van der Waals surface area contributed by atoms with Crippen LogP contribution in [-0.4, -0.2) is 27.4 Å². The number of pyridine rings is 1. The number of aliphatic hydroxyl groups is 2. The summed E-state index contributed by atoms with van der Waals surface area (Å²) in [6.07, 6.45) is 4.73. The summed E-state index contributed by atoms with van der Waals surface area (Å²) in [5.41, 5.74) is 1.78. The lowest BCUT2D eigenvalue weighted by Crippen LogP contribution is -2.36. The monoisotopic (exact) mass is 285 g/mol. The number of para-hydroxylation sites is 1. The number of hydrogen-bond donors (Lipinski definition) is 2. The fraction of sp³-hybridized carbons (Fsp3) is 0.500. The van der Waals surface area contributed by atoms with Gasteiger partial charge in [0.25, 0.3) is 0 Å². The lowest BCUT2D eigenvalue weighted by molar-refractivity contribution is -0.0267. The first-order valence-electron chi connectivity index (χ1n) is 7.95. The Labute approximate surface area is 125 Å². The summed E-state index contributed by atoms with van der Waals surface area (Å²) in [5, 5.41) is 21.7. The van der Waals surface area contributed by atoms with Crippen molar-refractivity contribution in [3.05, 3.63) is 42.1 Å². The molecule has 2 aromatic rings. The van der Waals surface area contributed by atoms with Crippen LogP contribution < -0.4 is 0 Å². The molecule has 2 atom stereocenters. The number of aliphatic hydroxyl groups excluding tert-OH is 2. The predicted octanol–water partition coefficient (Wildman–Crippen LogP) is 3.08. The maximum absolute atomic E-state index is 10.3. The molecule has 0 radical (unpaired) electrons. The van der Waals surface area contributed by atoms with E-state index in [0.717, 1.165) is 29.4 Å². The van der Waals surface area contributed by atoms with Crippen LogP contribution in [0.2, 0.25) is 0 Å². The second-order valence-electron chi connectivity index (χ2n) is 6.16. The third-order valence-corrected chi connectivity index (χ3v) is 4.60. The van der Waals surface area contributed by atoms with Gasteiger partial charge in [-0.25, -0.2) is 0 Å². The number of hydrogen-bond acceptors (Lipinski definition) is 3. The minimum atomic E-state index is -0.721. The van der Waals surface area contributed by atoms with E-state index < -0.39 is 12.2 Å². The van der Waals surface area contributed by atoms with Crippen molar-refractivity contribution in [2.75, 3.05) is 0 Å². The van der Waals surface area contributed by atoms with Gasteiger partial charge in [-0.15, -0.1) is 0 Å². The molecule has 1 aromatic heterocycles. The standard InChI is InChI=1S/C18H23NO2/c20-17(18(21)14-7-2-1-3-8-14)12-15-11-10-13-6-4-5-9-16(13)19-15/h4-6,9-11,14,17-18,20-21H,1-3,7-8,12H2. The number of nitrogens with zero attached hydrogens (tertiary/aromatic N) is 1. The molecule has 2 unspecified atom stereocenters. The Hall–Kier alpha value is -1.45. The third kappa shape index (κ3) is 3.42. The number of benzene rings is 1. The van der Waals surface area contributed by atoms with Gasteiger partial charge in [-0.3, -0.25) is 4.98 Å². The van der Waals surface area contributed by atoms with E-state index in [1.165, 1.54) is 19.3 Å². The summed E-state index contributed by atoms with van der Waals surface area (Å²) < 4.78 is 0. The zero-order valence-corrected chi connectivity index (χ0v) is 12.3. The molecular formula is C18H23NO2. The molecule has 3 rings (SSSR count). The maximum Gasteiger partial charge on any atom is 0.0857 e. The summed E-state index contributed by atoms with van der Waals surface area (Å²) in [5.74, 6) is 0.245. The highest BCUT2D eigenvalue weighted by atomic mass is 16.3. The highest BCUT2D eigenvalue weighted by Gasteiger charge is 2.27. The highest BCUT2D eigenvalue weighted by molar-refractivity contribution is 5.78. The Balaban J connectivity index is 1.68. The van der Waals surface area contributed by atoms with Gasteiger partial charge in [-0.1, -0.05) is 43.5 Å². The van der Waals surface area contributed by atoms with Gasteiger partial charge in [-0.05, 0) is 30.9 Å². The van der Waals surface area contributed by atoms with Gasteiger partial charge in [-0.2, -0.15) is 0 Å². The number of aromatic nitrogens is 1. The van der Waals surface area contributed by atoms with E-state index in [9.17, 15) is 10.2 Å². The molecule has 1 fully saturated rings. The SMILES string of the molecule is OC(Cc1ccc2ccccc2n1)C(O)C1CCCCC1. The maximum atomic E-state index is 10.3. The Morgan fingerprint density at radius 2 is 1.76 bits per heavy atom. The summed E-state index contributed by atoms with van der Waals surface area (Å²) in [6.45, 7) is 0. The molecule has 0 saturated heterocycles. The van der Waals surface area contributed by atoms with Gasteiger partial charge >= 0.3 is 0 Å². The van der Waals surface area contributed by atoms with E-state index in [-0.39, 0.29) is 5.92 Å². The third-order valence-electron chi connectivity index (χ3n) is 4.60. The van der Waals surface area contributed by atoms with Gasteiger partial charge in [0.2, 0.25) is 0 Å². The second-order valence-corrected chi connectivity index (χ2v) is 6.16. The first-order valence-corrected chi connectivity index (χ1v) is 7.95. The molecule has 0 spiro atoms. The van der Waals surface area contributed by atoms with Gasteiger partial charge in [0.15, 0.2) is 0 Å². The smallest absolute Gasteiger partial charge is 0.0857 e. The number of rotatable bonds is 4. The average Bonchev–Trinajstić information content (AvgIpc) is 2.55. The Kier molecular flexibility index (Phi) is 4.51. The van der Waals surface area contributed by atoms with Gasteiger partial charge < -0.3 is 10.2 Å². The van der Waals surface area contributed by atoms with Crippen molar-refractivity contribution in [2.24, 2.45) is 5.92 Å². The molecule has 3 nitrogen and oxygen atoms in total. The summed E-state index contributed by atoms with van der Waals surface area (Å²) in [4.78, 5) is 4.57. The quantitative estimate of drug-likeness (QED) is 0.907. The highest BCUT2D eigenvalue weighted by Crippen LogP contribution is 2.28. The number of fused-ring (bicyclic) bond motifs is 1.